The Morgan fingerprint density at radius 2 is 0.487 bits per heavy atom. The fourth-order valence-corrected chi connectivity index (χ4v) is 8.23. The number of esters is 3. The van der Waals surface area contributed by atoms with Gasteiger partial charge >= 0.3 is 17.9 Å². The lowest BCUT2D eigenvalue weighted by molar-refractivity contribution is -0.167. The van der Waals surface area contributed by atoms with E-state index in [2.05, 4.69) is 191 Å². The quantitative estimate of drug-likeness (QED) is 0.0261. The van der Waals surface area contributed by atoms with Gasteiger partial charge in [-0.15, -0.1) is 0 Å². The first kappa shape index (κ1) is 74.8. The normalized spacial score (nSPS) is 13.3. The van der Waals surface area contributed by atoms with Crippen molar-refractivity contribution in [1.82, 2.24) is 0 Å². The monoisotopic (exact) mass is 1100 g/mol. The molecule has 6 heteroatoms. The Morgan fingerprint density at radius 1 is 0.263 bits per heavy atom. The van der Waals surface area contributed by atoms with E-state index in [4.69, 9.17) is 14.2 Å². The summed E-state index contributed by atoms with van der Waals surface area (Å²) in [5.41, 5.74) is 0. The average molecular weight is 1100 g/mol. The first-order chi connectivity index (χ1) is 39.5. The number of carbonyl (C=O) groups excluding carboxylic acids is 3. The van der Waals surface area contributed by atoms with Crippen molar-refractivity contribution in [1.29, 1.82) is 0 Å². The van der Waals surface area contributed by atoms with Gasteiger partial charge in [0.15, 0.2) is 6.10 Å². The highest BCUT2D eigenvalue weighted by Crippen LogP contribution is 2.14. The number of allylic oxidation sites excluding steroid dienone is 28. The molecule has 0 bridgehead atoms. The minimum atomic E-state index is -0.809. The van der Waals surface area contributed by atoms with Gasteiger partial charge in [-0.25, -0.2) is 0 Å². The molecule has 0 aromatic rings. The van der Waals surface area contributed by atoms with Crippen molar-refractivity contribution in [2.45, 2.75) is 264 Å². The van der Waals surface area contributed by atoms with E-state index in [1.165, 1.54) is 64.2 Å². The lowest BCUT2D eigenvalue weighted by atomic mass is 10.1. The van der Waals surface area contributed by atoms with Gasteiger partial charge in [-0.3, -0.25) is 14.4 Å². The van der Waals surface area contributed by atoms with Gasteiger partial charge in [-0.1, -0.05) is 274 Å². The molecular formula is C74H116O6. The Bertz CT molecular complexity index is 1840. The second kappa shape index (κ2) is 66.3. The highest BCUT2D eigenvalue weighted by atomic mass is 16.6. The minimum absolute atomic E-state index is 0.104. The number of unbranched alkanes of at least 4 members (excludes halogenated alkanes) is 17. The van der Waals surface area contributed by atoms with Crippen LogP contribution in [-0.4, -0.2) is 37.2 Å². The lowest BCUT2D eigenvalue weighted by Crippen LogP contribution is -2.30. The molecule has 80 heavy (non-hydrogen) atoms. The molecule has 0 radical (unpaired) electrons. The Labute approximate surface area is 492 Å². The highest BCUT2D eigenvalue weighted by molar-refractivity contribution is 5.71. The van der Waals surface area contributed by atoms with Gasteiger partial charge in [0, 0.05) is 19.3 Å². The maximum Gasteiger partial charge on any atom is 0.306 e. The summed E-state index contributed by atoms with van der Waals surface area (Å²) in [6.07, 6.45) is 98.2. The zero-order valence-corrected chi connectivity index (χ0v) is 51.3. The van der Waals surface area contributed by atoms with Crippen LogP contribution in [0.15, 0.2) is 170 Å². The van der Waals surface area contributed by atoms with E-state index in [-0.39, 0.29) is 37.5 Å². The molecule has 448 valence electrons. The number of carbonyl (C=O) groups is 3. The van der Waals surface area contributed by atoms with Gasteiger partial charge < -0.3 is 14.2 Å². The smallest absolute Gasteiger partial charge is 0.306 e. The Kier molecular flexibility index (Phi) is 61.9. The summed E-state index contributed by atoms with van der Waals surface area (Å²) < 4.78 is 16.8. The third-order valence-corrected chi connectivity index (χ3v) is 13.0. The summed E-state index contributed by atoms with van der Waals surface area (Å²) in [5, 5.41) is 0. The van der Waals surface area contributed by atoms with Crippen molar-refractivity contribution in [3.63, 3.8) is 0 Å². The van der Waals surface area contributed by atoms with Crippen LogP contribution in [0.3, 0.4) is 0 Å². The van der Waals surface area contributed by atoms with Gasteiger partial charge in [0.2, 0.25) is 0 Å². The summed E-state index contributed by atoms with van der Waals surface area (Å²) >= 11 is 0. The molecule has 0 aliphatic rings. The zero-order valence-electron chi connectivity index (χ0n) is 51.3. The van der Waals surface area contributed by atoms with Crippen LogP contribution >= 0.6 is 0 Å². The molecule has 0 saturated carbocycles. The molecule has 0 aromatic carbocycles. The van der Waals surface area contributed by atoms with Crippen molar-refractivity contribution < 1.29 is 28.6 Å². The van der Waals surface area contributed by atoms with E-state index >= 15 is 0 Å². The van der Waals surface area contributed by atoms with E-state index < -0.39 is 6.10 Å². The first-order valence-corrected chi connectivity index (χ1v) is 32.1. The molecule has 0 heterocycles. The molecule has 0 spiro atoms. The molecule has 0 saturated heterocycles. The van der Waals surface area contributed by atoms with Crippen molar-refractivity contribution in [3.05, 3.63) is 170 Å². The van der Waals surface area contributed by atoms with Crippen molar-refractivity contribution in [2.24, 2.45) is 0 Å². The molecule has 1 atom stereocenters. The molecule has 0 amide bonds. The van der Waals surface area contributed by atoms with E-state index in [0.717, 1.165) is 148 Å². The van der Waals surface area contributed by atoms with Gasteiger partial charge in [0.05, 0.1) is 0 Å². The standard InChI is InChI=1S/C74H116O6/c1-4-7-10-13-16-18-20-22-24-26-28-30-32-34-36-37-39-40-42-44-46-48-50-52-54-56-58-61-64-67-73(76)79-70-71(69-78-72(75)66-63-60-15-12-9-6-3)80-74(77)68-65-62-59-57-55-53-51-49-47-45-43-41-38-35-33-31-29-27-25-23-21-19-17-14-11-8-5-2/h7-8,10-11,16-19,22-25,28-31,34-36,38-40,43,45,49,51,55,57,71H,4-6,9,12-15,20-21,26-27,32-33,37,41-42,44,46-48,50,52-54,56,58-70H2,1-3H3/b10-7-,11-8-,18-16-,19-17-,24-22-,25-23-,30-28-,31-29-,36-34-,38-35-,40-39-,45-43-,51-49-,57-55-. The number of rotatable bonds is 56. The van der Waals surface area contributed by atoms with Gasteiger partial charge in [-0.05, 0) is 135 Å². The fraction of sp³-hybridized carbons (Fsp3) is 0.581. The van der Waals surface area contributed by atoms with Crippen LogP contribution in [0.1, 0.15) is 258 Å². The zero-order chi connectivity index (χ0) is 57.8. The predicted octanol–water partition coefficient (Wildman–Crippen LogP) is 22.3. The van der Waals surface area contributed by atoms with Crippen LogP contribution in [0.4, 0.5) is 0 Å². The molecule has 0 fully saturated rings. The molecule has 0 rings (SSSR count). The number of hydrogen-bond donors (Lipinski definition) is 0. The van der Waals surface area contributed by atoms with Crippen LogP contribution < -0.4 is 0 Å². The fourth-order valence-electron chi connectivity index (χ4n) is 8.23. The van der Waals surface area contributed by atoms with E-state index in [9.17, 15) is 14.4 Å². The lowest BCUT2D eigenvalue weighted by Gasteiger charge is -2.18. The molecule has 1 unspecified atom stereocenters. The third kappa shape index (κ3) is 63.6. The summed E-state index contributed by atoms with van der Waals surface area (Å²) in [7, 11) is 0. The molecule has 6 nitrogen and oxygen atoms in total. The summed E-state index contributed by atoms with van der Waals surface area (Å²) in [5.74, 6) is -0.968. The van der Waals surface area contributed by atoms with Crippen LogP contribution in [0.5, 0.6) is 0 Å². The second-order valence-corrected chi connectivity index (χ2v) is 20.6. The Morgan fingerprint density at radius 3 is 0.787 bits per heavy atom. The van der Waals surface area contributed by atoms with Crippen LogP contribution in [0, 0.1) is 0 Å². The van der Waals surface area contributed by atoms with Crippen molar-refractivity contribution in [2.75, 3.05) is 13.2 Å². The van der Waals surface area contributed by atoms with Gasteiger partial charge in [0.1, 0.15) is 13.2 Å². The summed E-state index contributed by atoms with van der Waals surface area (Å²) in [6, 6.07) is 0. The van der Waals surface area contributed by atoms with E-state index in [1.807, 2.05) is 0 Å². The maximum atomic E-state index is 12.8. The highest BCUT2D eigenvalue weighted by Gasteiger charge is 2.19. The van der Waals surface area contributed by atoms with E-state index in [0.29, 0.717) is 19.3 Å². The van der Waals surface area contributed by atoms with Gasteiger partial charge in [0.25, 0.3) is 0 Å². The van der Waals surface area contributed by atoms with Crippen LogP contribution in [-0.2, 0) is 28.6 Å². The molecule has 0 aromatic heterocycles. The summed E-state index contributed by atoms with van der Waals surface area (Å²) in [4.78, 5) is 38.0. The number of ether oxygens (including phenoxy) is 3. The molecular weight excluding hydrogens is 985 g/mol. The van der Waals surface area contributed by atoms with Gasteiger partial charge in [-0.2, -0.15) is 0 Å². The van der Waals surface area contributed by atoms with Crippen molar-refractivity contribution >= 4 is 17.9 Å². The molecule has 0 N–H and O–H groups in total. The third-order valence-electron chi connectivity index (χ3n) is 13.0. The topological polar surface area (TPSA) is 78.9 Å². The van der Waals surface area contributed by atoms with Crippen LogP contribution in [0.2, 0.25) is 0 Å². The minimum Gasteiger partial charge on any atom is -0.462 e. The first-order valence-electron chi connectivity index (χ1n) is 32.1. The van der Waals surface area contributed by atoms with E-state index in [1.54, 1.807) is 0 Å². The average Bonchev–Trinajstić information content (AvgIpc) is 3.46. The maximum absolute atomic E-state index is 12.8. The molecule has 0 aliphatic heterocycles. The Balaban J connectivity index is 4.23. The van der Waals surface area contributed by atoms with Crippen molar-refractivity contribution in [3.8, 4) is 0 Å². The molecule has 0 aliphatic carbocycles. The predicted molar refractivity (Wildman–Crippen MR) is 348 cm³/mol. The second-order valence-electron chi connectivity index (χ2n) is 20.6. The Hall–Kier alpha value is -5.23. The summed E-state index contributed by atoms with van der Waals surface area (Å²) in [6.45, 7) is 6.30. The number of hydrogen-bond acceptors (Lipinski definition) is 6. The van der Waals surface area contributed by atoms with Crippen LogP contribution in [0.25, 0.3) is 0 Å². The largest absolute Gasteiger partial charge is 0.462 e. The SMILES string of the molecule is CC/C=C\C/C=C\C/C=C\C/C=C\C/C=C\C/C=C\C/C=C\C/C=C\CCCCC(=O)OC(COC(=O)CCCCCCCC)COC(=O)CCCCCCCCCCCC/C=C\C/C=C\C/C=C\C/C=C\C/C=C\C/C=C\CC.